The molecule has 0 aromatic carbocycles. The van der Waals surface area contributed by atoms with E-state index < -0.39 is 10.0 Å². The predicted octanol–water partition coefficient (Wildman–Crippen LogP) is 1.87. The van der Waals surface area contributed by atoms with Crippen molar-refractivity contribution in [2.24, 2.45) is 0 Å². The van der Waals surface area contributed by atoms with Crippen LogP contribution in [0.15, 0.2) is 16.3 Å². The van der Waals surface area contributed by atoms with Crippen molar-refractivity contribution >= 4 is 21.4 Å². The maximum Gasteiger partial charge on any atom is 0.241 e. The Kier molecular flexibility index (Phi) is 7.83. The molecule has 0 bridgehead atoms. The Morgan fingerprint density at radius 1 is 1.33 bits per heavy atom. The van der Waals surface area contributed by atoms with Crippen molar-refractivity contribution in [2.45, 2.75) is 44.7 Å². The van der Waals surface area contributed by atoms with E-state index in [1.807, 2.05) is 7.05 Å². The Morgan fingerprint density at radius 2 is 2.05 bits per heavy atom. The predicted molar refractivity (Wildman–Crippen MR) is 89.3 cm³/mol. The minimum atomic E-state index is -3.39. The first-order valence-corrected chi connectivity index (χ1v) is 9.71. The standard InChI is InChI=1S/C14H27N3O2S2/c1-5-6-15-10-13-9-14(11-20-13)21(18,19)16-7-8-17(4)12(2)3/h9,11-12,15-16H,5-8,10H2,1-4H3. The maximum absolute atomic E-state index is 12.2. The van der Waals surface area contributed by atoms with Gasteiger partial charge in [-0.1, -0.05) is 6.92 Å². The zero-order chi connectivity index (χ0) is 15.9. The van der Waals surface area contributed by atoms with Crippen LogP contribution in [-0.4, -0.2) is 46.0 Å². The molecule has 0 saturated carbocycles. The number of sulfonamides is 1. The number of rotatable bonds is 10. The summed E-state index contributed by atoms with van der Waals surface area (Å²) in [4.78, 5) is 3.52. The SMILES string of the molecule is CCCNCc1cc(S(=O)(=O)NCCN(C)C(C)C)cs1. The number of hydrogen-bond acceptors (Lipinski definition) is 5. The second-order valence-corrected chi connectivity index (χ2v) is 8.16. The van der Waals surface area contributed by atoms with Gasteiger partial charge in [-0.2, -0.15) is 0 Å². The molecule has 0 amide bonds. The lowest BCUT2D eigenvalue weighted by molar-refractivity contribution is 0.278. The van der Waals surface area contributed by atoms with Gasteiger partial charge in [0.25, 0.3) is 0 Å². The van der Waals surface area contributed by atoms with Gasteiger partial charge in [-0.25, -0.2) is 13.1 Å². The average Bonchev–Trinajstić information content (AvgIpc) is 2.88. The van der Waals surface area contributed by atoms with Gasteiger partial charge < -0.3 is 10.2 Å². The highest BCUT2D eigenvalue weighted by atomic mass is 32.2. The van der Waals surface area contributed by atoms with E-state index >= 15 is 0 Å². The Hall–Kier alpha value is -0.470. The molecule has 2 N–H and O–H groups in total. The Bertz CT molecular complexity index is 512. The third kappa shape index (κ3) is 6.44. The van der Waals surface area contributed by atoms with Crippen molar-refractivity contribution in [3.63, 3.8) is 0 Å². The van der Waals surface area contributed by atoms with Crippen LogP contribution in [0.25, 0.3) is 0 Å². The summed E-state index contributed by atoms with van der Waals surface area (Å²) in [5.41, 5.74) is 0. The lowest BCUT2D eigenvalue weighted by atomic mass is 10.3. The number of thiophene rings is 1. The molecule has 0 spiro atoms. The molecule has 7 heteroatoms. The lowest BCUT2D eigenvalue weighted by Gasteiger charge is -2.20. The molecule has 122 valence electrons. The number of nitrogens with zero attached hydrogens (tertiary/aromatic N) is 1. The minimum Gasteiger partial charge on any atom is -0.312 e. The average molecular weight is 334 g/mol. The number of hydrogen-bond donors (Lipinski definition) is 2. The zero-order valence-corrected chi connectivity index (χ0v) is 15.0. The zero-order valence-electron chi connectivity index (χ0n) is 13.3. The summed E-state index contributed by atoms with van der Waals surface area (Å²) < 4.78 is 27.0. The van der Waals surface area contributed by atoms with Gasteiger partial charge in [-0.15, -0.1) is 11.3 Å². The number of nitrogens with one attached hydrogen (secondary N) is 2. The molecule has 0 unspecified atom stereocenters. The van der Waals surface area contributed by atoms with E-state index in [-0.39, 0.29) is 0 Å². The molecule has 0 atom stereocenters. The first kappa shape index (κ1) is 18.6. The third-order valence-corrected chi connectivity index (χ3v) is 5.83. The highest BCUT2D eigenvalue weighted by Gasteiger charge is 2.16. The van der Waals surface area contributed by atoms with Crippen LogP contribution in [0.2, 0.25) is 0 Å². The normalized spacial score (nSPS) is 12.5. The molecule has 1 aromatic rings. The van der Waals surface area contributed by atoms with Crippen molar-refractivity contribution in [1.82, 2.24) is 14.9 Å². The monoisotopic (exact) mass is 333 g/mol. The van der Waals surface area contributed by atoms with Crippen LogP contribution >= 0.6 is 11.3 Å². The topological polar surface area (TPSA) is 61.4 Å². The molecule has 0 aliphatic carbocycles. The minimum absolute atomic E-state index is 0.369. The molecule has 1 aromatic heterocycles. The summed E-state index contributed by atoms with van der Waals surface area (Å²) in [7, 11) is -1.40. The van der Waals surface area contributed by atoms with E-state index in [0.29, 0.717) is 24.0 Å². The third-order valence-electron chi connectivity index (χ3n) is 3.30. The van der Waals surface area contributed by atoms with Crippen LogP contribution in [0.1, 0.15) is 32.1 Å². The summed E-state index contributed by atoms with van der Waals surface area (Å²) in [5, 5.41) is 4.98. The molecular weight excluding hydrogens is 306 g/mol. The van der Waals surface area contributed by atoms with Crippen molar-refractivity contribution in [3.05, 3.63) is 16.3 Å². The van der Waals surface area contributed by atoms with Crippen LogP contribution in [0.5, 0.6) is 0 Å². The molecule has 21 heavy (non-hydrogen) atoms. The van der Waals surface area contributed by atoms with Crippen LogP contribution in [0.3, 0.4) is 0 Å². The summed E-state index contributed by atoms with van der Waals surface area (Å²) in [6.07, 6.45) is 1.07. The van der Waals surface area contributed by atoms with Gasteiger partial charge in [0.15, 0.2) is 0 Å². The van der Waals surface area contributed by atoms with Crippen molar-refractivity contribution in [2.75, 3.05) is 26.7 Å². The van der Waals surface area contributed by atoms with E-state index in [9.17, 15) is 8.42 Å². The van der Waals surface area contributed by atoms with E-state index in [4.69, 9.17) is 0 Å². The van der Waals surface area contributed by atoms with Crippen molar-refractivity contribution < 1.29 is 8.42 Å². The first-order valence-electron chi connectivity index (χ1n) is 7.35. The van der Waals surface area contributed by atoms with Gasteiger partial charge in [0.2, 0.25) is 10.0 Å². The van der Waals surface area contributed by atoms with Gasteiger partial charge in [0.05, 0.1) is 4.90 Å². The number of likely N-dealkylation sites (N-methyl/N-ethyl adjacent to an activating group) is 1. The van der Waals surface area contributed by atoms with Gasteiger partial charge in [-0.3, -0.25) is 0 Å². The van der Waals surface area contributed by atoms with E-state index in [1.54, 1.807) is 11.4 Å². The molecule has 0 radical (unpaired) electrons. The molecule has 1 rings (SSSR count). The van der Waals surface area contributed by atoms with Gasteiger partial charge in [0.1, 0.15) is 0 Å². The lowest BCUT2D eigenvalue weighted by Crippen LogP contribution is -2.36. The van der Waals surface area contributed by atoms with Gasteiger partial charge in [0, 0.05) is 35.9 Å². The maximum atomic E-state index is 12.2. The quantitative estimate of drug-likeness (QED) is 0.642. The summed E-state index contributed by atoms with van der Waals surface area (Å²) >= 11 is 1.48. The van der Waals surface area contributed by atoms with Gasteiger partial charge in [-0.05, 0) is 39.9 Å². The first-order chi connectivity index (χ1) is 9.86. The van der Waals surface area contributed by atoms with Crippen LogP contribution in [-0.2, 0) is 16.6 Å². The molecule has 5 nitrogen and oxygen atoms in total. The second-order valence-electron chi connectivity index (χ2n) is 5.40. The Labute approximate surface area is 132 Å². The molecule has 0 fully saturated rings. The van der Waals surface area contributed by atoms with Crippen LogP contribution in [0, 0.1) is 0 Å². The van der Waals surface area contributed by atoms with Crippen molar-refractivity contribution in [3.8, 4) is 0 Å². The fourth-order valence-electron chi connectivity index (χ4n) is 1.68. The van der Waals surface area contributed by atoms with E-state index in [2.05, 4.69) is 35.7 Å². The smallest absolute Gasteiger partial charge is 0.241 e. The summed E-state index contributed by atoms with van der Waals surface area (Å²) in [6, 6.07) is 2.16. The highest BCUT2D eigenvalue weighted by Crippen LogP contribution is 2.18. The fraction of sp³-hybridized carbons (Fsp3) is 0.714. The van der Waals surface area contributed by atoms with E-state index in [1.165, 1.54) is 11.3 Å². The molecular formula is C14H27N3O2S2. The second kappa shape index (κ2) is 8.85. The summed E-state index contributed by atoms with van der Waals surface area (Å²) in [5.74, 6) is 0. The van der Waals surface area contributed by atoms with E-state index in [0.717, 1.165) is 24.4 Å². The van der Waals surface area contributed by atoms with Crippen LogP contribution < -0.4 is 10.0 Å². The summed E-state index contributed by atoms with van der Waals surface area (Å²) in [6.45, 7) is 9.08. The fourth-order valence-corrected chi connectivity index (χ4v) is 3.95. The Morgan fingerprint density at radius 3 is 2.67 bits per heavy atom. The van der Waals surface area contributed by atoms with Crippen LogP contribution in [0.4, 0.5) is 0 Å². The molecule has 0 aliphatic rings. The molecule has 1 heterocycles. The Balaban J connectivity index is 2.50. The molecule has 0 saturated heterocycles. The van der Waals surface area contributed by atoms with Gasteiger partial charge >= 0.3 is 0 Å². The van der Waals surface area contributed by atoms with Crippen molar-refractivity contribution in [1.29, 1.82) is 0 Å². The largest absolute Gasteiger partial charge is 0.312 e. The molecule has 0 aliphatic heterocycles. The highest BCUT2D eigenvalue weighted by molar-refractivity contribution is 7.89.